The highest BCUT2D eigenvalue weighted by molar-refractivity contribution is 6.84. The topological polar surface area (TPSA) is 55.4 Å². The highest BCUT2D eigenvalue weighted by Crippen LogP contribution is 2.35. The summed E-state index contributed by atoms with van der Waals surface area (Å²) in [5.74, 6) is -4.45. The molecule has 6 nitrogen and oxygen atoms in total. The van der Waals surface area contributed by atoms with E-state index in [1.807, 2.05) is 13.1 Å². The van der Waals surface area contributed by atoms with Crippen LogP contribution in [0.4, 0.5) is 22.1 Å². The molecule has 0 fully saturated rings. The van der Waals surface area contributed by atoms with Crippen molar-refractivity contribution in [1.82, 2.24) is 0 Å². The third kappa shape index (κ3) is 10.1. The van der Waals surface area contributed by atoms with E-state index in [-0.39, 0.29) is 6.61 Å². The van der Waals surface area contributed by atoms with Crippen molar-refractivity contribution in [3.05, 3.63) is 0 Å². The monoisotopic (exact) mass is 502 g/mol. The Morgan fingerprint density at radius 2 is 1.20 bits per heavy atom. The molecule has 182 valence electrons. The molecule has 0 radical (unpaired) electrons. The van der Waals surface area contributed by atoms with Crippen molar-refractivity contribution in [2.45, 2.75) is 69.2 Å². The summed E-state index contributed by atoms with van der Waals surface area (Å²) in [6.45, 7) is 6.53. The zero-order chi connectivity index (χ0) is 23.7. The molecular formula is C16H35F5O6Si3. The number of hydrogen-bond donors (Lipinski definition) is 0. The van der Waals surface area contributed by atoms with E-state index in [0.717, 1.165) is 12.5 Å². The summed E-state index contributed by atoms with van der Waals surface area (Å²) in [7, 11) is -2.05. The normalized spacial score (nSPS) is 16.0. The Hall–Kier alpha value is 0.0606. The Morgan fingerprint density at radius 1 is 0.733 bits per heavy atom. The van der Waals surface area contributed by atoms with Gasteiger partial charge in [0.2, 0.25) is 0 Å². The quantitative estimate of drug-likeness (QED) is 0.164. The molecule has 0 heterocycles. The second kappa shape index (κ2) is 12.3. The van der Waals surface area contributed by atoms with Gasteiger partial charge in [-0.1, -0.05) is 0 Å². The van der Waals surface area contributed by atoms with Crippen LogP contribution in [0, 0.1) is 0 Å². The molecule has 0 aromatic rings. The molecule has 0 rings (SSSR count). The second-order valence-corrected chi connectivity index (χ2v) is 20.2. The molecule has 1 atom stereocenters. The molecule has 30 heavy (non-hydrogen) atoms. The molecule has 0 saturated heterocycles. The minimum atomic E-state index is -5.51. The maximum atomic E-state index is 13.3. The summed E-state index contributed by atoms with van der Waals surface area (Å²) in [5.41, 5.74) is 0. The van der Waals surface area contributed by atoms with E-state index in [4.69, 9.17) is 17.4 Å². The Labute approximate surface area is 178 Å². The van der Waals surface area contributed by atoms with Gasteiger partial charge < -0.3 is 22.1 Å². The van der Waals surface area contributed by atoms with Crippen LogP contribution in [-0.2, 0) is 27.1 Å². The Bertz CT molecular complexity index is 486. The van der Waals surface area contributed by atoms with Crippen LogP contribution >= 0.6 is 0 Å². The summed E-state index contributed by atoms with van der Waals surface area (Å²) in [4.78, 5) is 2.45. The standard InChI is InChI=1S/C16H35F5O6Si3/c1-22-30(23-2,24-3)13-9-12-29(6,7)27-28(4,5)11-8-10-25-14-15(17,26-21)16(18,19)20/h8-14H2,1-7H3. The summed E-state index contributed by atoms with van der Waals surface area (Å²) in [6.07, 6.45) is -4.31. The third-order valence-corrected chi connectivity index (χ3v) is 15.0. The maximum Gasteiger partial charge on any atom is 0.500 e. The fourth-order valence-corrected chi connectivity index (χ4v) is 14.0. The zero-order valence-corrected chi connectivity index (χ0v) is 21.8. The van der Waals surface area contributed by atoms with Gasteiger partial charge in [0.25, 0.3) is 0 Å². The van der Waals surface area contributed by atoms with E-state index < -0.39 is 44.1 Å². The SMILES string of the molecule is CO[Si](CCC[Si](C)(C)O[Si](C)(C)CCCOCC(F)(OF)C(F)(F)F)(OC)OC. The minimum Gasteiger partial charge on any atom is -0.455 e. The summed E-state index contributed by atoms with van der Waals surface area (Å²) in [5, 5.41) is 0. The number of ether oxygens (including phenoxy) is 1. The molecule has 0 aliphatic heterocycles. The Kier molecular flexibility index (Phi) is 12.4. The van der Waals surface area contributed by atoms with Crippen molar-refractivity contribution in [2.24, 2.45) is 0 Å². The van der Waals surface area contributed by atoms with Gasteiger partial charge in [0.1, 0.15) is 6.61 Å². The smallest absolute Gasteiger partial charge is 0.455 e. The first-order chi connectivity index (χ1) is 13.6. The molecule has 1 unspecified atom stereocenters. The molecule has 0 aliphatic carbocycles. The molecule has 0 bridgehead atoms. The highest BCUT2D eigenvalue weighted by atomic mass is 28.4. The average molecular weight is 503 g/mol. The average Bonchev–Trinajstić information content (AvgIpc) is 2.63. The molecule has 0 aromatic heterocycles. The number of hydrogen-bond acceptors (Lipinski definition) is 6. The van der Waals surface area contributed by atoms with Gasteiger partial charge in [-0.05, 0) is 55.6 Å². The first-order valence-electron chi connectivity index (χ1n) is 9.60. The van der Waals surface area contributed by atoms with Crippen LogP contribution in [0.5, 0.6) is 0 Å². The van der Waals surface area contributed by atoms with Gasteiger partial charge in [-0.3, -0.25) is 0 Å². The zero-order valence-electron chi connectivity index (χ0n) is 18.8. The molecule has 0 aromatic carbocycles. The predicted octanol–water partition coefficient (Wildman–Crippen LogP) is 5.22. The second-order valence-electron chi connectivity index (χ2n) is 8.23. The van der Waals surface area contributed by atoms with Crippen molar-refractivity contribution >= 4 is 25.4 Å². The van der Waals surface area contributed by atoms with Crippen molar-refractivity contribution in [3.8, 4) is 0 Å². The van der Waals surface area contributed by atoms with Crippen molar-refractivity contribution in [2.75, 3.05) is 34.5 Å². The van der Waals surface area contributed by atoms with Gasteiger partial charge in [0, 0.05) is 34.0 Å². The molecule has 0 amide bonds. The Morgan fingerprint density at radius 3 is 1.60 bits per heavy atom. The van der Waals surface area contributed by atoms with Gasteiger partial charge in [-0.25, -0.2) is 0 Å². The van der Waals surface area contributed by atoms with Crippen LogP contribution in [0.25, 0.3) is 0 Å². The molecule has 0 spiro atoms. The fraction of sp³-hybridized carbons (Fsp3) is 1.00. The van der Waals surface area contributed by atoms with Crippen LogP contribution in [0.15, 0.2) is 0 Å². The fourth-order valence-electron chi connectivity index (χ4n) is 3.09. The molecule has 14 heteroatoms. The van der Waals surface area contributed by atoms with E-state index in [1.54, 1.807) is 21.3 Å². The van der Waals surface area contributed by atoms with Crippen molar-refractivity contribution in [3.63, 3.8) is 0 Å². The maximum absolute atomic E-state index is 13.3. The Balaban J connectivity index is 4.43. The van der Waals surface area contributed by atoms with Gasteiger partial charge in [0.15, 0.2) is 16.6 Å². The first-order valence-corrected chi connectivity index (χ1v) is 17.8. The van der Waals surface area contributed by atoms with Crippen molar-refractivity contribution in [1.29, 1.82) is 0 Å². The van der Waals surface area contributed by atoms with E-state index >= 15 is 0 Å². The number of halogens is 5. The van der Waals surface area contributed by atoms with Crippen LogP contribution < -0.4 is 0 Å². The van der Waals surface area contributed by atoms with Crippen LogP contribution in [0.2, 0.25) is 44.3 Å². The lowest BCUT2D eigenvalue weighted by Crippen LogP contribution is -2.46. The predicted molar refractivity (Wildman–Crippen MR) is 109 cm³/mol. The van der Waals surface area contributed by atoms with Gasteiger partial charge in [-0.2, -0.15) is 17.6 Å². The number of rotatable bonds is 16. The molecule has 0 N–H and O–H groups in total. The third-order valence-electron chi connectivity index (χ3n) is 4.65. The molecular weight excluding hydrogens is 467 g/mol. The van der Waals surface area contributed by atoms with Gasteiger partial charge in [-0.15, -0.1) is 4.94 Å². The summed E-state index contributed by atoms with van der Waals surface area (Å²) >= 11 is 0. The van der Waals surface area contributed by atoms with E-state index in [9.17, 15) is 22.1 Å². The van der Waals surface area contributed by atoms with Crippen molar-refractivity contribution < 1.29 is 49.2 Å². The lowest BCUT2D eigenvalue weighted by atomic mass is 10.3. The van der Waals surface area contributed by atoms with Gasteiger partial charge >= 0.3 is 20.8 Å². The number of alkyl halides is 4. The van der Waals surface area contributed by atoms with E-state index in [0.29, 0.717) is 18.5 Å². The largest absolute Gasteiger partial charge is 0.500 e. The van der Waals surface area contributed by atoms with E-state index in [2.05, 4.69) is 22.8 Å². The lowest BCUT2D eigenvalue weighted by molar-refractivity contribution is -0.411. The summed E-state index contributed by atoms with van der Waals surface area (Å²) < 4.78 is 89.8. The lowest BCUT2D eigenvalue weighted by Gasteiger charge is -2.35. The van der Waals surface area contributed by atoms with E-state index in [1.165, 1.54) is 0 Å². The van der Waals surface area contributed by atoms with Crippen LogP contribution in [0.1, 0.15) is 12.8 Å². The van der Waals surface area contributed by atoms with Crippen LogP contribution in [0.3, 0.4) is 0 Å². The minimum absolute atomic E-state index is 0.156. The molecule has 0 saturated carbocycles. The highest BCUT2D eigenvalue weighted by Gasteiger charge is 2.59. The van der Waals surface area contributed by atoms with Crippen LogP contribution in [-0.4, -0.2) is 72.0 Å². The summed E-state index contributed by atoms with van der Waals surface area (Å²) in [6, 6.07) is 2.15. The van der Waals surface area contributed by atoms with Gasteiger partial charge in [0.05, 0.1) is 0 Å². The molecule has 0 aliphatic rings. The first kappa shape index (κ1) is 30.1.